The van der Waals surface area contributed by atoms with Crippen LogP contribution in [0.5, 0.6) is 0 Å². The van der Waals surface area contributed by atoms with Gasteiger partial charge in [-0.2, -0.15) is 21.8 Å². The number of carbonyl (C=O) groups is 1. The summed E-state index contributed by atoms with van der Waals surface area (Å²) in [6.45, 7) is 6.71. The third-order valence-corrected chi connectivity index (χ3v) is 7.34. The minimum absolute atomic E-state index is 0.0741. The molecule has 0 aliphatic carbocycles. The van der Waals surface area contributed by atoms with E-state index in [1.54, 1.807) is 30.0 Å². The Bertz CT molecular complexity index is 1530. The van der Waals surface area contributed by atoms with Crippen molar-refractivity contribution in [3.8, 4) is 0 Å². The Morgan fingerprint density at radius 1 is 1.15 bits per heavy atom. The molecule has 2 aromatic rings. The maximum atomic E-state index is 13.3. The molecule has 39 heavy (non-hydrogen) atoms. The molecule has 1 amide bonds. The van der Waals surface area contributed by atoms with Gasteiger partial charge in [0.2, 0.25) is 17.8 Å². The van der Waals surface area contributed by atoms with E-state index in [-0.39, 0.29) is 35.7 Å². The zero-order valence-corrected chi connectivity index (χ0v) is 24.0. The number of nitrogens with one attached hydrogen (secondary N) is 1. The second kappa shape index (κ2) is 12.3. The molecule has 0 unspecified atom stereocenters. The summed E-state index contributed by atoms with van der Waals surface area (Å²) >= 11 is 6.45. The number of nitrogens with two attached hydrogens (primary N) is 2. The first-order valence-corrected chi connectivity index (χ1v) is 14.8. The molecule has 0 bridgehead atoms. The van der Waals surface area contributed by atoms with Crippen molar-refractivity contribution in [2.24, 2.45) is 21.5 Å². The Balaban J connectivity index is 0.000000798. The lowest BCUT2D eigenvalue weighted by atomic mass is 10.1. The largest absolute Gasteiger partial charge is 0.369 e. The Labute approximate surface area is 231 Å². The Morgan fingerprint density at radius 3 is 2.28 bits per heavy atom. The number of aryl methyl sites for hydroxylation is 2. The predicted molar refractivity (Wildman–Crippen MR) is 150 cm³/mol. The van der Waals surface area contributed by atoms with Crippen LogP contribution in [0.4, 0.5) is 15.3 Å². The second-order valence-electron chi connectivity index (χ2n) is 8.88. The van der Waals surface area contributed by atoms with Crippen LogP contribution in [0.25, 0.3) is 0 Å². The molecule has 214 valence electrons. The van der Waals surface area contributed by atoms with E-state index in [1.807, 2.05) is 13.8 Å². The van der Waals surface area contributed by atoms with E-state index in [9.17, 15) is 25.5 Å². The van der Waals surface area contributed by atoms with E-state index in [1.165, 1.54) is 13.0 Å². The molecule has 16 heteroatoms. The number of anilines is 2. The maximum absolute atomic E-state index is 13.3. The van der Waals surface area contributed by atoms with Crippen molar-refractivity contribution in [2.45, 2.75) is 51.1 Å². The molecule has 0 atom stereocenters. The number of aliphatic imine (C=N–C) groups is 2. The van der Waals surface area contributed by atoms with Gasteiger partial charge in [0.1, 0.15) is 10.6 Å². The lowest BCUT2D eigenvalue weighted by molar-refractivity contribution is -0.116. The van der Waals surface area contributed by atoms with Gasteiger partial charge in [-0.25, -0.2) is 4.99 Å². The summed E-state index contributed by atoms with van der Waals surface area (Å²) in [6, 6.07) is 8.92. The molecule has 0 fully saturated rings. The maximum Gasteiger partial charge on any atom is 0.332 e. The van der Waals surface area contributed by atoms with E-state index in [0.29, 0.717) is 22.7 Å². The zero-order chi connectivity index (χ0) is 29.8. The van der Waals surface area contributed by atoms with Crippen molar-refractivity contribution in [2.75, 3.05) is 16.0 Å². The summed E-state index contributed by atoms with van der Waals surface area (Å²) in [5.41, 5.74) is 13.2. The highest BCUT2D eigenvalue weighted by molar-refractivity contribution is 7.86. The average Bonchev–Trinajstić information content (AvgIpc) is 2.78. The number of nitrogens with zero attached hydrogens (tertiary/aromatic N) is 3. The van der Waals surface area contributed by atoms with E-state index < -0.39 is 30.9 Å². The highest BCUT2D eigenvalue weighted by atomic mass is 35.5. The number of halogens is 2. The third kappa shape index (κ3) is 9.16. The van der Waals surface area contributed by atoms with Gasteiger partial charge in [-0.3, -0.25) is 14.2 Å². The van der Waals surface area contributed by atoms with Crippen molar-refractivity contribution < 1.29 is 30.1 Å². The van der Waals surface area contributed by atoms with Crippen LogP contribution in [0.15, 0.2) is 51.3 Å². The van der Waals surface area contributed by atoms with Gasteiger partial charge in [-0.15, -0.1) is 3.89 Å². The number of guanidine groups is 2. The standard InChI is InChI=1S/C21H24ClFN6O3S.C2H6O3S/c1-12-4-8-15(33(23,31)32)11-17(12)26-18(30)9-6-13-5-7-14(10-16(13)22)29-20(25)27-19(24)28-21(29,2)3;1-2-6(3,4)5/h4-5,7-8,10-11H,6,9H2,1-3H3,(H,26,30)(H4,24,25,27,28);2H2,1H3,(H,3,4,5). The predicted octanol–water partition coefficient (Wildman–Crippen LogP) is 2.96. The highest BCUT2D eigenvalue weighted by Crippen LogP contribution is 2.31. The number of benzene rings is 2. The normalized spacial score (nSPS) is 15.0. The number of rotatable bonds is 7. The summed E-state index contributed by atoms with van der Waals surface area (Å²) in [5, 5.41) is 3.04. The van der Waals surface area contributed by atoms with E-state index >= 15 is 0 Å². The summed E-state index contributed by atoms with van der Waals surface area (Å²) in [6.07, 6.45) is 0.397. The van der Waals surface area contributed by atoms with Crippen LogP contribution in [0.1, 0.15) is 38.3 Å². The van der Waals surface area contributed by atoms with Gasteiger partial charge in [0.25, 0.3) is 10.1 Å². The Hall–Kier alpha value is -3.27. The smallest absolute Gasteiger partial charge is 0.332 e. The summed E-state index contributed by atoms with van der Waals surface area (Å²) in [5.74, 6) is -0.298. The molecule has 0 aromatic heterocycles. The van der Waals surface area contributed by atoms with E-state index in [2.05, 4.69) is 15.3 Å². The quantitative estimate of drug-likeness (QED) is 0.271. The number of hydrogen-bond acceptors (Lipinski definition) is 10. The molecule has 0 radical (unpaired) electrons. The summed E-state index contributed by atoms with van der Waals surface area (Å²) < 4.78 is 62.4. The fraction of sp³-hybridized carbons (Fsp3) is 0.348. The van der Waals surface area contributed by atoms with Crippen molar-refractivity contribution in [3.05, 3.63) is 52.5 Å². The van der Waals surface area contributed by atoms with Crippen molar-refractivity contribution in [1.82, 2.24) is 0 Å². The second-order valence-corrected chi connectivity index (χ2v) is 12.4. The molecule has 0 saturated carbocycles. The average molecular weight is 605 g/mol. The fourth-order valence-corrected chi connectivity index (χ4v) is 4.24. The van der Waals surface area contributed by atoms with Gasteiger partial charge in [0.05, 0.1) is 5.75 Å². The van der Waals surface area contributed by atoms with Crippen LogP contribution in [0, 0.1) is 6.92 Å². The Kier molecular flexibility index (Phi) is 10.1. The third-order valence-electron chi connectivity index (χ3n) is 5.44. The molecule has 12 nitrogen and oxygen atoms in total. The lowest BCUT2D eigenvalue weighted by Crippen LogP contribution is -2.54. The monoisotopic (exact) mass is 604 g/mol. The Morgan fingerprint density at radius 2 is 1.77 bits per heavy atom. The molecule has 1 heterocycles. The fourth-order valence-electron chi connectivity index (χ4n) is 3.48. The number of carbonyl (C=O) groups excluding carboxylic acids is 1. The van der Waals surface area contributed by atoms with Gasteiger partial charge in [-0.05, 0) is 69.5 Å². The summed E-state index contributed by atoms with van der Waals surface area (Å²) in [7, 11) is -8.53. The van der Waals surface area contributed by atoms with Crippen LogP contribution in [-0.2, 0) is 31.6 Å². The van der Waals surface area contributed by atoms with Gasteiger partial charge in [-0.1, -0.05) is 23.7 Å². The van der Waals surface area contributed by atoms with Crippen molar-refractivity contribution in [3.63, 3.8) is 0 Å². The van der Waals surface area contributed by atoms with Gasteiger partial charge < -0.3 is 16.8 Å². The zero-order valence-electron chi connectivity index (χ0n) is 21.6. The van der Waals surface area contributed by atoms with Gasteiger partial charge in [0, 0.05) is 22.8 Å². The molecule has 6 N–H and O–H groups in total. The number of hydrogen-bond donors (Lipinski definition) is 4. The lowest BCUT2D eigenvalue weighted by Gasteiger charge is -2.38. The molecule has 1 aliphatic heterocycles. The van der Waals surface area contributed by atoms with Crippen LogP contribution in [0.3, 0.4) is 0 Å². The molecule has 3 rings (SSSR count). The minimum atomic E-state index is -4.87. The molecular weight excluding hydrogens is 575 g/mol. The highest BCUT2D eigenvalue weighted by Gasteiger charge is 2.33. The number of amides is 1. The van der Waals surface area contributed by atoms with Crippen LogP contribution in [0.2, 0.25) is 5.02 Å². The van der Waals surface area contributed by atoms with Crippen LogP contribution >= 0.6 is 11.6 Å². The SMILES string of the molecule is CCS(=O)(=O)O.Cc1ccc(S(=O)(=O)F)cc1NC(=O)CCc1ccc(N2C(N)=NC(N)=NC2(C)C)cc1Cl. The first-order chi connectivity index (χ1) is 17.8. The molecule has 2 aromatic carbocycles. The van der Waals surface area contributed by atoms with Crippen LogP contribution in [-0.4, -0.2) is 50.6 Å². The van der Waals surface area contributed by atoms with Crippen molar-refractivity contribution in [1.29, 1.82) is 0 Å². The molecule has 1 aliphatic rings. The van der Waals surface area contributed by atoms with Crippen molar-refractivity contribution >= 4 is 61.1 Å². The first-order valence-electron chi connectivity index (χ1n) is 11.4. The van der Waals surface area contributed by atoms with Gasteiger partial charge >= 0.3 is 10.2 Å². The topological polar surface area (TPSA) is 198 Å². The van der Waals surface area contributed by atoms with Gasteiger partial charge in [0.15, 0.2) is 0 Å². The van der Waals surface area contributed by atoms with E-state index in [4.69, 9.17) is 27.6 Å². The van der Waals surface area contributed by atoms with Crippen LogP contribution < -0.4 is 21.7 Å². The molecule has 0 spiro atoms. The van der Waals surface area contributed by atoms with E-state index in [0.717, 1.165) is 17.7 Å². The minimum Gasteiger partial charge on any atom is -0.369 e. The summed E-state index contributed by atoms with van der Waals surface area (Å²) in [4.78, 5) is 21.9. The molecular formula is C23H30ClFN6O6S2. The first kappa shape index (κ1) is 31.9. The molecule has 0 saturated heterocycles.